The third kappa shape index (κ3) is 6.45. The van der Waals surface area contributed by atoms with E-state index in [-0.39, 0.29) is 24.1 Å². The number of ether oxygens (including phenoxy) is 1. The van der Waals surface area contributed by atoms with E-state index in [1.54, 1.807) is 12.1 Å². The molecule has 0 unspecified atom stereocenters. The number of hydrogen-bond donors (Lipinski definition) is 2. The van der Waals surface area contributed by atoms with Crippen LogP contribution in [0.1, 0.15) is 5.56 Å². The lowest BCUT2D eigenvalue weighted by molar-refractivity contribution is 0.157. The lowest BCUT2D eigenvalue weighted by atomic mass is 10.2. The largest absolute Gasteiger partial charge is 0.475 e. The number of halogens is 2. The van der Waals surface area contributed by atoms with Crippen LogP contribution in [0.4, 0.5) is 8.78 Å². The number of rotatable bonds is 7. The highest BCUT2D eigenvalue weighted by molar-refractivity contribution is 5.97. The highest BCUT2D eigenvalue weighted by atomic mass is 19.1. The summed E-state index contributed by atoms with van der Waals surface area (Å²) >= 11 is 0. The summed E-state index contributed by atoms with van der Waals surface area (Å²) in [5.41, 5.74) is 6.03. The second kappa shape index (κ2) is 9.88. The highest BCUT2D eigenvalue weighted by Crippen LogP contribution is 2.07. The van der Waals surface area contributed by atoms with E-state index in [1.165, 1.54) is 12.1 Å². The first-order valence-electron chi connectivity index (χ1n) is 8.34. The Balaban J connectivity index is 1.88. The molecule has 0 amide bonds. The molecule has 1 aliphatic rings. The van der Waals surface area contributed by atoms with Crippen molar-refractivity contribution in [2.24, 2.45) is 10.7 Å². The van der Waals surface area contributed by atoms with Crippen molar-refractivity contribution in [2.75, 3.05) is 39.9 Å². The van der Waals surface area contributed by atoms with Gasteiger partial charge in [0.1, 0.15) is 12.4 Å². The third-order valence-electron chi connectivity index (χ3n) is 3.98. The molecule has 142 valence electrons. The van der Waals surface area contributed by atoms with Crippen molar-refractivity contribution in [3.8, 4) is 0 Å². The molecular weight excluding hydrogens is 340 g/mol. The standard InChI is InChI=1S/C18H25F2N5O/c1-14(26-12-15-3-5-16(19)6-4-15)23-18(17(20)11-21)22-13-25-9-7-24(2)8-10-25/h3-6,11H,1,7-10,12-13,21H2,2H3,(H,22,23)/b17-11+. The minimum absolute atomic E-state index is 0.0319. The molecule has 3 N–H and O–H groups in total. The van der Waals surface area contributed by atoms with E-state index >= 15 is 0 Å². The highest BCUT2D eigenvalue weighted by Gasteiger charge is 2.14. The first kappa shape index (κ1) is 19.9. The number of nitrogens with one attached hydrogen (secondary N) is 1. The Bertz CT molecular complexity index is 652. The molecule has 1 aromatic rings. The fourth-order valence-electron chi connectivity index (χ4n) is 2.33. The number of benzene rings is 1. The Labute approximate surface area is 152 Å². The van der Waals surface area contributed by atoms with Crippen molar-refractivity contribution in [1.29, 1.82) is 0 Å². The van der Waals surface area contributed by atoms with Gasteiger partial charge in [0.05, 0.1) is 6.67 Å². The van der Waals surface area contributed by atoms with Crippen molar-refractivity contribution < 1.29 is 13.5 Å². The summed E-state index contributed by atoms with van der Waals surface area (Å²) in [5.74, 6) is -0.913. The van der Waals surface area contributed by atoms with Crippen molar-refractivity contribution in [3.05, 3.63) is 60.1 Å². The zero-order chi connectivity index (χ0) is 18.9. The van der Waals surface area contributed by atoms with Gasteiger partial charge >= 0.3 is 0 Å². The van der Waals surface area contributed by atoms with Crippen molar-refractivity contribution in [3.63, 3.8) is 0 Å². The van der Waals surface area contributed by atoms with E-state index in [2.05, 4.69) is 33.7 Å². The second-order valence-corrected chi connectivity index (χ2v) is 6.05. The Morgan fingerprint density at radius 2 is 1.96 bits per heavy atom. The first-order chi connectivity index (χ1) is 12.5. The zero-order valence-corrected chi connectivity index (χ0v) is 14.9. The van der Waals surface area contributed by atoms with Crippen molar-refractivity contribution in [1.82, 2.24) is 15.1 Å². The van der Waals surface area contributed by atoms with E-state index < -0.39 is 5.83 Å². The normalized spacial score (nSPS) is 17.2. The average Bonchev–Trinajstić information content (AvgIpc) is 2.65. The lowest BCUT2D eigenvalue weighted by Crippen LogP contribution is -2.44. The van der Waals surface area contributed by atoms with Gasteiger partial charge in [-0.25, -0.2) is 13.8 Å². The first-order valence-corrected chi connectivity index (χ1v) is 8.34. The van der Waals surface area contributed by atoms with Crippen LogP contribution in [0.25, 0.3) is 0 Å². The molecule has 2 rings (SSSR count). The summed E-state index contributed by atoms with van der Waals surface area (Å²) in [6.07, 6.45) is 0.836. The molecule has 0 bridgehead atoms. The van der Waals surface area contributed by atoms with Gasteiger partial charge in [-0.1, -0.05) is 12.1 Å². The molecule has 1 heterocycles. The van der Waals surface area contributed by atoms with Gasteiger partial charge in [0.25, 0.3) is 0 Å². The molecule has 0 aliphatic carbocycles. The summed E-state index contributed by atoms with van der Waals surface area (Å²) in [4.78, 5) is 8.59. The van der Waals surface area contributed by atoms with Crippen LogP contribution >= 0.6 is 0 Å². The van der Waals surface area contributed by atoms with Gasteiger partial charge in [-0.2, -0.15) is 0 Å². The molecule has 1 aliphatic heterocycles. The molecule has 0 aromatic heterocycles. The van der Waals surface area contributed by atoms with Crippen LogP contribution in [0.3, 0.4) is 0 Å². The van der Waals surface area contributed by atoms with Gasteiger partial charge in [-0.3, -0.25) is 4.90 Å². The molecule has 6 nitrogen and oxygen atoms in total. The summed E-state index contributed by atoms with van der Waals surface area (Å²) < 4.78 is 32.3. The molecule has 1 aromatic carbocycles. The van der Waals surface area contributed by atoms with Crippen LogP contribution in [0.15, 0.2) is 53.7 Å². The number of hydrogen-bond acceptors (Lipinski definition) is 5. The summed E-state index contributed by atoms with van der Waals surface area (Å²) in [6.45, 7) is 7.85. The number of likely N-dealkylation sites (N-methyl/N-ethyl adjacent to an activating group) is 1. The van der Waals surface area contributed by atoms with Crippen LogP contribution in [0.2, 0.25) is 0 Å². The van der Waals surface area contributed by atoms with E-state index in [1.807, 2.05) is 0 Å². The van der Waals surface area contributed by atoms with E-state index in [0.717, 1.165) is 37.9 Å². The third-order valence-corrected chi connectivity index (χ3v) is 3.98. The molecule has 0 atom stereocenters. The van der Waals surface area contributed by atoms with E-state index in [9.17, 15) is 8.78 Å². The molecule has 1 saturated heterocycles. The van der Waals surface area contributed by atoms with Gasteiger partial charge in [-0.15, -0.1) is 0 Å². The second-order valence-electron chi connectivity index (χ2n) is 6.05. The summed E-state index contributed by atoms with van der Waals surface area (Å²) in [5, 5.41) is 2.70. The molecule has 26 heavy (non-hydrogen) atoms. The Morgan fingerprint density at radius 3 is 2.58 bits per heavy atom. The average molecular weight is 365 g/mol. The maximum absolute atomic E-state index is 14.0. The molecular formula is C18H25F2N5O. The predicted octanol–water partition coefficient (Wildman–Crippen LogP) is 1.78. The number of aliphatic imine (C=N–C) groups is 1. The zero-order valence-electron chi connectivity index (χ0n) is 14.9. The topological polar surface area (TPSA) is 66.1 Å². The Kier molecular flexibility index (Phi) is 7.55. The monoisotopic (exact) mass is 365 g/mol. The maximum atomic E-state index is 14.0. The van der Waals surface area contributed by atoms with Crippen LogP contribution in [0, 0.1) is 5.82 Å². The smallest absolute Gasteiger partial charge is 0.185 e. The fraction of sp³-hybridized carbons (Fsp3) is 0.389. The lowest BCUT2D eigenvalue weighted by Gasteiger charge is -2.31. The van der Waals surface area contributed by atoms with E-state index in [4.69, 9.17) is 10.5 Å². The van der Waals surface area contributed by atoms with Crippen LogP contribution in [-0.2, 0) is 11.3 Å². The van der Waals surface area contributed by atoms with Gasteiger partial charge in [-0.05, 0) is 31.3 Å². The molecule has 8 heteroatoms. The van der Waals surface area contributed by atoms with Crippen LogP contribution in [0.5, 0.6) is 0 Å². The minimum atomic E-state index is -0.689. The molecule has 0 radical (unpaired) electrons. The SMILES string of the molecule is C=C(NC(=NCN1CCN(C)CC1)/C(F)=C\N)OCc1ccc(F)cc1. The van der Waals surface area contributed by atoms with Crippen molar-refractivity contribution >= 4 is 5.84 Å². The van der Waals surface area contributed by atoms with Crippen molar-refractivity contribution in [2.45, 2.75) is 6.61 Å². The van der Waals surface area contributed by atoms with Gasteiger partial charge in [0, 0.05) is 32.4 Å². The van der Waals surface area contributed by atoms with Crippen LogP contribution < -0.4 is 11.1 Å². The van der Waals surface area contributed by atoms with Crippen LogP contribution in [-0.4, -0.2) is 55.5 Å². The molecule has 0 spiro atoms. The Hall–Kier alpha value is -2.45. The quantitative estimate of drug-likeness (QED) is 0.438. The minimum Gasteiger partial charge on any atom is -0.475 e. The van der Waals surface area contributed by atoms with E-state index in [0.29, 0.717) is 6.67 Å². The predicted molar refractivity (Wildman–Crippen MR) is 98.2 cm³/mol. The Morgan fingerprint density at radius 1 is 1.31 bits per heavy atom. The summed E-state index contributed by atoms with van der Waals surface area (Å²) in [6, 6.07) is 5.89. The number of piperazine rings is 1. The van der Waals surface area contributed by atoms with Gasteiger partial charge in [0.15, 0.2) is 17.5 Å². The number of nitrogens with zero attached hydrogens (tertiary/aromatic N) is 3. The number of nitrogens with two attached hydrogens (primary N) is 1. The maximum Gasteiger partial charge on any atom is 0.185 e. The fourth-order valence-corrected chi connectivity index (χ4v) is 2.33. The summed E-state index contributed by atoms with van der Waals surface area (Å²) in [7, 11) is 2.06. The molecule has 1 fully saturated rings. The number of amidine groups is 1. The molecule has 0 saturated carbocycles. The van der Waals surface area contributed by atoms with Gasteiger partial charge in [0.2, 0.25) is 0 Å². The van der Waals surface area contributed by atoms with Gasteiger partial charge < -0.3 is 20.7 Å².